The molecule has 1 unspecified atom stereocenters. The van der Waals surface area contributed by atoms with Crippen molar-refractivity contribution >= 4 is 23.5 Å². The third kappa shape index (κ3) is 2.80. The van der Waals surface area contributed by atoms with E-state index in [9.17, 15) is 9.59 Å². The Labute approximate surface area is 121 Å². The Morgan fingerprint density at radius 1 is 1.19 bits per heavy atom. The van der Waals surface area contributed by atoms with Gasteiger partial charge < -0.3 is 10.7 Å². The number of piperidine rings is 1. The maximum atomic E-state index is 11.8. The van der Waals surface area contributed by atoms with Gasteiger partial charge in [0.15, 0.2) is 0 Å². The number of imide groups is 1. The summed E-state index contributed by atoms with van der Waals surface area (Å²) in [5, 5.41) is 5.43. The molecule has 2 heterocycles. The molecule has 0 aromatic carbocycles. The van der Waals surface area contributed by atoms with Crippen LogP contribution < -0.4 is 21.9 Å². The molecule has 1 saturated heterocycles. The molecule has 0 radical (unpaired) electrons. The van der Waals surface area contributed by atoms with Crippen LogP contribution >= 0.6 is 0 Å². The number of rotatable bonds is 4. The Kier molecular flexibility index (Phi) is 3.46. The number of nitrogens with zero attached hydrogens (tertiary/aromatic N) is 2. The van der Waals surface area contributed by atoms with E-state index in [1.807, 2.05) is 6.92 Å². The summed E-state index contributed by atoms with van der Waals surface area (Å²) >= 11 is 0. The minimum absolute atomic E-state index is 0.236. The third-order valence-corrected chi connectivity index (χ3v) is 3.79. The van der Waals surface area contributed by atoms with Crippen molar-refractivity contribution < 1.29 is 9.59 Å². The highest BCUT2D eigenvalue weighted by atomic mass is 16.2. The van der Waals surface area contributed by atoms with Crippen LogP contribution in [0.15, 0.2) is 0 Å². The van der Waals surface area contributed by atoms with Crippen molar-refractivity contribution in [1.82, 2.24) is 15.3 Å². The van der Waals surface area contributed by atoms with Crippen LogP contribution in [-0.4, -0.2) is 27.8 Å². The molecule has 1 saturated carbocycles. The first-order chi connectivity index (χ1) is 10.1. The van der Waals surface area contributed by atoms with Gasteiger partial charge in [-0.15, -0.1) is 0 Å². The molecule has 21 heavy (non-hydrogen) atoms. The van der Waals surface area contributed by atoms with E-state index in [0.717, 1.165) is 24.2 Å². The largest absolute Gasteiger partial charge is 0.358 e. The Balaban J connectivity index is 1.85. The van der Waals surface area contributed by atoms with Crippen LogP contribution in [-0.2, 0) is 9.59 Å². The molecule has 1 atom stereocenters. The first kappa shape index (κ1) is 13.7. The SMILES string of the molecule is Cc1c(NN)nc(C2CC2)nc1NC1CCC(=O)NC1=O. The molecule has 3 rings (SSSR count). The Morgan fingerprint density at radius 3 is 2.52 bits per heavy atom. The fourth-order valence-corrected chi connectivity index (χ4v) is 2.34. The molecule has 2 fully saturated rings. The van der Waals surface area contributed by atoms with Gasteiger partial charge in [0.2, 0.25) is 11.8 Å². The first-order valence-electron chi connectivity index (χ1n) is 7.04. The van der Waals surface area contributed by atoms with Crippen LogP contribution in [0.4, 0.5) is 11.6 Å². The predicted molar refractivity (Wildman–Crippen MR) is 76.3 cm³/mol. The van der Waals surface area contributed by atoms with E-state index in [0.29, 0.717) is 30.4 Å². The molecular weight excluding hydrogens is 272 g/mol. The number of carbonyl (C=O) groups is 2. The summed E-state index contributed by atoms with van der Waals surface area (Å²) in [6, 6.07) is -0.464. The van der Waals surface area contributed by atoms with E-state index in [2.05, 4.69) is 26.0 Å². The maximum Gasteiger partial charge on any atom is 0.249 e. The van der Waals surface area contributed by atoms with Gasteiger partial charge in [0, 0.05) is 17.9 Å². The Morgan fingerprint density at radius 2 is 1.90 bits per heavy atom. The third-order valence-electron chi connectivity index (χ3n) is 3.79. The number of nitrogens with one attached hydrogen (secondary N) is 3. The Hall–Kier alpha value is -2.22. The second-order valence-corrected chi connectivity index (χ2v) is 5.47. The normalized spacial score (nSPS) is 21.9. The average Bonchev–Trinajstić information content (AvgIpc) is 3.28. The number of anilines is 2. The second-order valence-electron chi connectivity index (χ2n) is 5.47. The van der Waals surface area contributed by atoms with E-state index in [1.165, 1.54) is 0 Å². The molecule has 1 aromatic heterocycles. The van der Waals surface area contributed by atoms with E-state index in [-0.39, 0.29) is 11.8 Å². The van der Waals surface area contributed by atoms with Crippen LogP contribution in [0.2, 0.25) is 0 Å². The smallest absolute Gasteiger partial charge is 0.249 e. The van der Waals surface area contributed by atoms with E-state index in [1.54, 1.807) is 0 Å². The number of hydrazine groups is 1. The molecule has 1 aromatic rings. The molecule has 8 heteroatoms. The van der Waals surface area contributed by atoms with Crippen molar-refractivity contribution in [3.8, 4) is 0 Å². The van der Waals surface area contributed by atoms with Crippen LogP contribution in [0.5, 0.6) is 0 Å². The molecular formula is C13H18N6O2. The number of nitrogen functional groups attached to an aromatic ring is 1. The number of nitrogens with two attached hydrogens (primary N) is 1. The number of aromatic nitrogens is 2. The topological polar surface area (TPSA) is 122 Å². The van der Waals surface area contributed by atoms with Gasteiger partial charge in [0.25, 0.3) is 0 Å². The van der Waals surface area contributed by atoms with Gasteiger partial charge in [0.1, 0.15) is 23.5 Å². The summed E-state index contributed by atoms with van der Waals surface area (Å²) < 4.78 is 0. The van der Waals surface area contributed by atoms with E-state index in [4.69, 9.17) is 5.84 Å². The van der Waals surface area contributed by atoms with Crippen LogP contribution in [0.3, 0.4) is 0 Å². The first-order valence-corrected chi connectivity index (χ1v) is 7.04. The van der Waals surface area contributed by atoms with Crippen molar-refractivity contribution in [3.05, 3.63) is 11.4 Å². The summed E-state index contributed by atoms with van der Waals surface area (Å²) in [5.41, 5.74) is 3.32. The van der Waals surface area contributed by atoms with Gasteiger partial charge >= 0.3 is 0 Å². The minimum Gasteiger partial charge on any atom is -0.358 e. The second kappa shape index (κ2) is 5.28. The van der Waals surface area contributed by atoms with Gasteiger partial charge in [-0.3, -0.25) is 14.9 Å². The van der Waals surface area contributed by atoms with Crippen LogP contribution in [0.25, 0.3) is 0 Å². The lowest BCUT2D eigenvalue weighted by Gasteiger charge is -2.23. The summed E-state index contributed by atoms with van der Waals surface area (Å²) in [7, 11) is 0. The van der Waals surface area contributed by atoms with Crippen LogP contribution in [0, 0.1) is 6.92 Å². The lowest BCUT2D eigenvalue weighted by molar-refractivity contribution is -0.133. The zero-order chi connectivity index (χ0) is 15.0. The number of hydrogen-bond acceptors (Lipinski definition) is 7. The molecule has 0 bridgehead atoms. The number of amides is 2. The monoisotopic (exact) mass is 290 g/mol. The van der Waals surface area contributed by atoms with Crippen molar-refractivity contribution in [2.24, 2.45) is 5.84 Å². The zero-order valence-electron chi connectivity index (χ0n) is 11.8. The van der Waals surface area contributed by atoms with Gasteiger partial charge in [-0.1, -0.05) is 0 Å². The summed E-state index contributed by atoms with van der Waals surface area (Å²) in [5.74, 6) is 7.20. The van der Waals surface area contributed by atoms with Crippen molar-refractivity contribution in [2.75, 3.05) is 10.7 Å². The van der Waals surface area contributed by atoms with Gasteiger partial charge in [-0.2, -0.15) is 0 Å². The molecule has 0 spiro atoms. The fourth-order valence-electron chi connectivity index (χ4n) is 2.34. The fraction of sp³-hybridized carbons (Fsp3) is 0.538. The molecule has 1 aliphatic carbocycles. The number of hydrogen-bond donors (Lipinski definition) is 4. The van der Waals surface area contributed by atoms with Gasteiger partial charge in [-0.25, -0.2) is 15.8 Å². The molecule has 1 aliphatic heterocycles. The Bertz CT molecular complexity index is 599. The summed E-state index contributed by atoms with van der Waals surface area (Å²) in [4.78, 5) is 31.9. The van der Waals surface area contributed by atoms with Gasteiger partial charge in [0.05, 0.1) is 0 Å². The minimum atomic E-state index is -0.464. The highest BCUT2D eigenvalue weighted by Crippen LogP contribution is 2.39. The standard InChI is InChI=1S/C13H18N6O2/c1-6-10(15-8-4-5-9(20)16-13(8)21)17-12(7-2-3-7)18-11(6)19-14/h7-8H,2-5,14H2,1H3,(H,16,20,21)(H2,15,17,18,19). The zero-order valence-corrected chi connectivity index (χ0v) is 11.8. The lowest BCUT2D eigenvalue weighted by Crippen LogP contribution is -2.47. The molecule has 5 N–H and O–H groups in total. The molecule has 2 amide bonds. The van der Waals surface area contributed by atoms with Gasteiger partial charge in [-0.05, 0) is 26.2 Å². The quantitative estimate of drug-likeness (QED) is 0.354. The van der Waals surface area contributed by atoms with E-state index < -0.39 is 6.04 Å². The lowest BCUT2D eigenvalue weighted by atomic mass is 10.1. The summed E-state index contributed by atoms with van der Waals surface area (Å²) in [6.45, 7) is 1.83. The maximum absolute atomic E-state index is 11.8. The highest BCUT2D eigenvalue weighted by molar-refractivity contribution is 6.01. The van der Waals surface area contributed by atoms with E-state index >= 15 is 0 Å². The molecule has 112 valence electrons. The molecule has 8 nitrogen and oxygen atoms in total. The molecule has 2 aliphatic rings. The van der Waals surface area contributed by atoms with Crippen LogP contribution in [0.1, 0.15) is 43.0 Å². The highest BCUT2D eigenvalue weighted by Gasteiger charge is 2.30. The predicted octanol–water partition coefficient (Wildman–Crippen LogP) is 0.165. The summed E-state index contributed by atoms with van der Waals surface area (Å²) in [6.07, 6.45) is 2.93. The van der Waals surface area contributed by atoms with Crippen molar-refractivity contribution in [1.29, 1.82) is 0 Å². The average molecular weight is 290 g/mol. The van der Waals surface area contributed by atoms with Crippen molar-refractivity contribution in [2.45, 2.75) is 44.6 Å². The van der Waals surface area contributed by atoms with Crippen molar-refractivity contribution in [3.63, 3.8) is 0 Å². The number of carbonyl (C=O) groups excluding carboxylic acids is 2.